The normalized spacial score (nSPS) is 21.2. The number of guanidine groups is 1. The van der Waals surface area contributed by atoms with Gasteiger partial charge in [-0.2, -0.15) is 0 Å². The molecule has 4 nitrogen and oxygen atoms in total. The Morgan fingerprint density at radius 1 is 1.17 bits per heavy atom. The zero-order chi connectivity index (χ0) is 16.8. The Morgan fingerprint density at radius 2 is 2.00 bits per heavy atom. The predicted octanol–water partition coefficient (Wildman–Crippen LogP) is 3.12. The molecule has 0 amide bonds. The first kappa shape index (κ1) is 16.8. The van der Waals surface area contributed by atoms with E-state index in [4.69, 9.17) is 4.74 Å². The second-order valence-corrected chi connectivity index (χ2v) is 6.64. The highest BCUT2D eigenvalue weighted by atomic mass is 16.5. The first-order chi connectivity index (χ1) is 11.7. The van der Waals surface area contributed by atoms with E-state index in [-0.39, 0.29) is 5.60 Å². The van der Waals surface area contributed by atoms with Crippen LogP contribution >= 0.6 is 0 Å². The second kappa shape index (κ2) is 7.67. The molecular formula is C20H27N3O. The van der Waals surface area contributed by atoms with E-state index in [0.717, 1.165) is 44.9 Å². The van der Waals surface area contributed by atoms with E-state index in [9.17, 15) is 0 Å². The van der Waals surface area contributed by atoms with Crippen LogP contribution in [0.5, 0.6) is 0 Å². The van der Waals surface area contributed by atoms with Gasteiger partial charge in [-0.3, -0.25) is 4.99 Å². The third kappa shape index (κ3) is 4.06. The molecule has 1 unspecified atom stereocenters. The molecular weight excluding hydrogens is 298 g/mol. The number of nitrogens with zero attached hydrogens (tertiary/aromatic N) is 1. The van der Waals surface area contributed by atoms with E-state index in [0.29, 0.717) is 0 Å². The molecule has 2 N–H and O–H groups in total. The number of hydrogen-bond donors (Lipinski definition) is 2. The van der Waals surface area contributed by atoms with Gasteiger partial charge in [0.15, 0.2) is 5.96 Å². The molecule has 128 valence electrons. The van der Waals surface area contributed by atoms with Crippen LogP contribution in [0.3, 0.4) is 0 Å². The highest BCUT2D eigenvalue weighted by Crippen LogP contribution is 2.23. The molecule has 4 heteroatoms. The fourth-order valence-electron chi connectivity index (χ4n) is 3.29. The quantitative estimate of drug-likeness (QED) is 0.656. The largest absolute Gasteiger partial charge is 0.373 e. The van der Waals surface area contributed by atoms with Crippen LogP contribution in [0.15, 0.2) is 47.5 Å². The van der Waals surface area contributed by atoms with Crippen molar-refractivity contribution < 1.29 is 4.74 Å². The molecule has 3 rings (SSSR count). The molecule has 0 radical (unpaired) electrons. The number of fused-ring (bicyclic) bond motifs is 1. The molecule has 0 bridgehead atoms. The molecule has 1 aliphatic rings. The number of benzene rings is 2. The highest BCUT2D eigenvalue weighted by molar-refractivity contribution is 5.85. The second-order valence-electron chi connectivity index (χ2n) is 6.64. The average molecular weight is 325 g/mol. The van der Waals surface area contributed by atoms with Crippen LogP contribution < -0.4 is 10.6 Å². The maximum Gasteiger partial charge on any atom is 0.191 e. The van der Waals surface area contributed by atoms with Crippen LogP contribution in [0, 0.1) is 0 Å². The minimum absolute atomic E-state index is 0.0622. The maximum absolute atomic E-state index is 5.81. The number of nitrogens with one attached hydrogen (secondary N) is 2. The molecule has 0 aliphatic carbocycles. The summed E-state index contributed by atoms with van der Waals surface area (Å²) in [4.78, 5) is 4.31. The molecule has 2 aromatic carbocycles. The fraction of sp³-hybridized carbons (Fsp3) is 0.450. The van der Waals surface area contributed by atoms with Gasteiger partial charge in [0, 0.05) is 26.7 Å². The van der Waals surface area contributed by atoms with Crippen molar-refractivity contribution in [3.8, 4) is 0 Å². The van der Waals surface area contributed by atoms with E-state index in [1.54, 1.807) is 0 Å². The van der Waals surface area contributed by atoms with Crippen LogP contribution in [-0.4, -0.2) is 38.3 Å². The first-order valence-electron chi connectivity index (χ1n) is 8.75. The summed E-state index contributed by atoms with van der Waals surface area (Å²) >= 11 is 0. The van der Waals surface area contributed by atoms with Gasteiger partial charge in [-0.1, -0.05) is 42.5 Å². The molecule has 1 heterocycles. The van der Waals surface area contributed by atoms with E-state index < -0.39 is 0 Å². The van der Waals surface area contributed by atoms with E-state index in [1.807, 2.05) is 7.05 Å². The molecule has 24 heavy (non-hydrogen) atoms. The number of hydrogen-bond acceptors (Lipinski definition) is 2. The Morgan fingerprint density at radius 3 is 2.79 bits per heavy atom. The Hall–Kier alpha value is -2.07. The number of rotatable bonds is 5. The predicted molar refractivity (Wildman–Crippen MR) is 101 cm³/mol. The van der Waals surface area contributed by atoms with Gasteiger partial charge in [0.1, 0.15) is 0 Å². The zero-order valence-corrected chi connectivity index (χ0v) is 14.6. The summed E-state index contributed by atoms with van der Waals surface area (Å²) in [6.45, 7) is 4.67. The van der Waals surface area contributed by atoms with Crippen molar-refractivity contribution in [3.63, 3.8) is 0 Å². The molecule has 0 saturated carbocycles. The van der Waals surface area contributed by atoms with Gasteiger partial charge >= 0.3 is 0 Å². The van der Waals surface area contributed by atoms with Crippen LogP contribution in [0.1, 0.15) is 25.3 Å². The van der Waals surface area contributed by atoms with Crippen molar-refractivity contribution in [3.05, 3.63) is 48.0 Å². The van der Waals surface area contributed by atoms with Gasteiger partial charge in [-0.15, -0.1) is 0 Å². The van der Waals surface area contributed by atoms with E-state index >= 15 is 0 Å². The lowest BCUT2D eigenvalue weighted by Gasteiger charge is -2.24. The lowest BCUT2D eigenvalue weighted by atomic mass is 10.0. The van der Waals surface area contributed by atoms with Crippen molar-refractivity contribution in [2.24, 2.45) is 4.99 Å². The van der Waals surface area contributed by atoms with Crippen molar-refractivity contribution in [2.75, 3.05) is 26.7 Å². The summed E-state index contributed by atoms with van der Waals surface area (Å²) in [6, 6.07) is 15.0. The molecule has 1 atom stereocenters. The minimum Gasteiger partial charge on any atom is -0.373 e. The van der Waals surface area contributed by atoms with E-state index in [1.165, 1.54) is 16.3 Å². The van der Waals surface area contributed by atoms with Crippen molar-refractivity contribution >= 4 is 16.7 Å². The first-order valence-corrected chi connectivity index (χ1v) is 8.75. The number of ether oxygens (including phenoxy) is 1. The van der Waals surface area contributed by atoms with E-state index in [2.05, 4.69) is 65.0 Å². The Kier molecular flexibility index (Phi) is 5.36. The monoisotopic (exact) mass is 325 g/mol. The Labute approximate surface area is 144 Å². The standard InChI is InChI=1S/C20H27N3O/c1-20(12-6-14-24-20)15-23-19(21-2)22-13-11-17-9-5-8-16-7-3-4-10-18(16)17/h3-5,7-10H,6,11-15H2,1-2H3,(H2,21,22,23). The summed E-state index contributed by atoms with van der Waals surface area (Å²) in [5.74, 6) is 0.840. The van der Waals surface area contributed by atoms with Gasteiger partial charge in [-0.25, -0.2) is 0 Å². The third-order valence-corrected chi connectivity index (χ3v) is 4.72. The molecule has 1 aliphatic heterocycles. The lowest BCUT2D eigenvalue weighted by Crippen LogP contribution is -2.45. The van der Waals surface area contributed by atoms with Gasteiger partial charge in [-0.05, 0) is 42.5 Å². The van der Waals surface area contributed by atoms with Gasteiger partial charge < -0.3 is 15.4 Å². The van der Waals surface area contributed by atoms with Gasteiger partial charge in [0.2, 0.25) is 0 Å². The summed E-state index contributed by atoms with van der Waals surface area (Å²) in [5.41, 5.74) is 1.30. The molecule has 1 saturated heterocycles. The van der Waals surface area contributed by atoms with Crippen molar-refractivity contribution in [2.45, 2.75) is 31.8 Å². The third-order valence-electron chi connectivity index (χ3n) is 4.72. The summed E-state index contributed by atoms with van der Waals surface area (Å²) in [5, 5.41) is 9.42. The van der Waals surface area contributed by atoms with Gasteiger partial charge in [0.25, 0.3) is 0 Å². The van der Waals surface area contributed by atoms with Crippen LogP contribution in [0.4, 0.5) is 0 Å². The van der Waals surface area contributed by atoms with Crippen molar-refractivity contribution in [1.82, 2.24) is 10.6 Å². The lowest BCUT2D eigenvalue weighted by molar-refractivity contribution is 0.0243. The Balaban J connectivity index is 1.52. The number of aliphatic imine (C=N–C) groups is 1. The fourth-order valence-corrected chi connectivity index (χ4v) is 3.29. The Bertz CT molecular complexity index is 700. The molecule has 1 fully saturated rings. The average Bonchev–Trinajstić information content (AvgIpc) is 3.05. The zero-order valence-electron chi connectivity index (χ0n) is 14.6. The summed E-state index contributed by atoms with van der Waals surface area (Å²) in [7, 11) is 1.81. The molecule has 0 spiro atoms. The molecule has 0 aromatic heterocycles. The maximum atomic E-state index is 5.81. The highest BCUT2D eigenvalue weighted by Gasteiger charge is 2.29. The van der Waals surface area contributed by atoms with Gasteiger partial charge in [0.05, 0.1) is 5.60 Å². The summed E-state index contributed by atoms with van der Waals surface area (Å²) in [6.07, 6.45) is 3.22. The molecule has 2 aromatic rings. The van der Waals surface area contributed by atoms with Crippen LogP contribution in [0.25, 0.3) is 10.8 Å². The SMILES string of the molecule is CN=C(NCCc1cccc2ccccc12)NCC1(C)CCCO1. The minimum atomic E-state index is -0.0622. The smallest absolute Gasteiger partial charge is 0.191 e. The summed E-state index contributed by atoms with van der Waals surface area (Å²) < 4.78 is 5.81. The van der Waals surface area contributed by atoms with Crippen LogP contribution in [-0.2, 0) is 11.2 Å². The topological polar surface area (TPSA) is 45.7 Å². The van der Waals surface area contributed by atoms with Crippen LogP contribution in [0.2, 0.25) is 0 Å². The van der Waals surface area contributed by atoms with Crippen molar-refractivity contribution in [1.29, 1.82) is 0 Å².